The molecule has 0 aliphatic rings. The summed E-state index contributed by atoms with van der Waals surface area (Å²) in [6.45, 7) is 6.00. The second-order valence-corrected chi connectivity index (χ2v) is 4.90. The van der Waals surface area contributed by atoms with E-state index >= 15 is 0 Å². The molecule has 112 valence electrons. The minimum Gasteiger partial charge on any atom is -0.307 e. The highest BCUT2D eigenvalue weighted by Gasteiger charge is 2.17. The van der Waals surface area contributed by atoms with Gasteiger partial charge in [0.2, 0.25) is 0 Å². The number of carbonyl (C=O) groups excluding carboxylic acids is 1. The van der Waals surface area contributed by atoms with Gasteiger partial charge in [-0.3, -0.25) is 9.78 Å². The lowest BCUT2D eigenvalue weighted by Gasteiger charge is -2.17. The van der Waals surface area contributed by atoms with Gasteiger partial charge in [-0.1, -0.05) is 13.8 Å². The van der Waals surface area contributed by atoms with Crippen molar-refractivity contribution in [3.05, 3.63) is 41.6 Å². The first-order valence-corrected chi connectivity index (χ1v) is 7.03. The first-order valence-electron chi connectivity index (χ1n) is 7.03. The lowest BCUT2D eigenvalue weighted by molar-refractivity contribution is 0.102. The quantitative estimate of drug-likeness (QED) is 0.918. The van der Waals surface area contributed by atoms with Gasteiger partial charge < -0.3 is 5.32 Å². The molecule has 2 aromatic rings. The van der Waals surface area contributed by atoms with Crippen LogP contribution in [0.15, 0.2) is 24.5 Å². The zero-order chi connectivity index (χ0) is 15.4. The number of nitrogens with one attached hydrogen (secondary N) is 1. The van der Waals surface area contributed by atoms with E-state index in [0.717, 1.165) is 24.7 Å². The van der Waals surface area contributed by atoms with Crippen molar-refractivity contribution in [2.75, 3.05) is 5.32 Å². The Balaban J connectivity index is 2.28. The molecule has 1 amide bonds. The van der Waals surface area contributed by atoms with Crippen molar-refractivity contribution in [1.82, 2.24) is 14.8 Å². The van der Waals surface area contributed by atoms with Crippen molar-refractivity contribution in [3.63, 3.8) is 0 Å². The maximum atomic E-state index is 13.6. The number of anilines is 1. The van der Waals surface area contributed by atoms with Crippen LogP contribution in [0.4, 0.5) is 10.2 Å². The van der Waals surface area contributed by atoms with Gasteiger partial charge in [-0.25, -0.2) is 9.07 Å². The topological polar surface area (TPSA) is 59.8 Å². The number of carbonyl (C=O) groups is 1. The van der Waals surface area contributed by atoms with Crippen LogP contribution in [0.3, 0.4) is 0 Å². The van der Waals surface area contributed by atoms with Crippen molar-refractivity contribution in [2.45, 2.75) is 39.7 Å². The van der Waals surface area contributed by atoms with Crippen LogP contribution in [-0.2, 0) is 0 Å². The molecule has 0 saturated carbocycles. The minimum absolute atomic E-state index is 0.0278. The summed E-state index contributed by atoms with van der Waals surface area (Å²) in [7, 11) is 0. The van der Waals surface area contributed by atoms with E-state index in [2.05, 4.69) is 29.2 Å². The van der Waals surface area contributed by atoms with Crippen molar-refractivity contribution in [3.8, 4) is 0 Å². The molecule has 0 spiro atoms. The van der Waals surface area contributed by atoms with Crippen LogP contribution in [-0.4, -0.2) is 20.7 Å². The normalized spacial score (nSPS) is 10.9. The molecule has 0 unspecified atom stereocenters. The molecule has 0 fully saturated rings. The van der Waals surface area contributed by atoms with Gasteiger partial charge in [-0.05, 0) is 25.8 Å². The van der Waals surface area contributed by atoms with Crippen LogP contribution in [0.2, 0.25) is 0 Å². The van der Waals surface area contributed by atoms with Gasteiger partial charge >= 0.3 is 0 Å². The van der Waals surface area contributed by atoms with Crippen LogP contribution in [0.25, 0.3) is 0 Å². The van der Waals surface area contributed by atoms with E-state index in [1.165, 1.54) is 12.3 Å². The molecule has 5 nitrogen and oxygen atoms in total. The van der Waals surface area contributed by atoms with Crippen molar-refractivity contribution in [1.29, 1.82) is 0 Å². The van der Waals surface area contributed by atoms with Crippen LogP contribution < -0.4 is 5.32 Å². The third-order valence-electron chi connectivity index (χ3n) is 3.40. The van der Waals surface area contributed by atoms with Gasteiger partial charge in [0, 0.05) is 12.3 Å². The molecular formula is C15H19FN4O. The Hall–Kier alpha value is -2.24. The van der Waals surface area contributed by atoms with Crippen LogP contribution in [0, 0.1) is 12.7 Å². The Morgan fingerprint density at radius 3 is 2.76 bits per heavy atom. The maximum absolute atomic E-state index is 13.6. The predicted octanol–water partition coefficient (Wildman–Crippen LogP) is 3.34. The fourth-order valence-corrected chi connectivity index (χ4v) is 2.27. The highest BCUT2D eigenvalue weighted by molar-refractivity contribution is 6.03. The molecule has 2 aromatic heterocycles. The first-order chi connectivity index (χ1) is 10.1. The standard InChI is InChI=1S/C15H19FN4O/c1-4-11(5-2)20-14(8-10(3)19-20)18-15(21)12-6-7-17-9-13(12)16/h6-9,11H,4-5H2,1-3H3,(H,18,21). The van der Waals surface area contributed by atoms with E-state index in [1.807, 2.05) is 6.92 Å². The second-order valence-electron chi connectivity index (χ2n) is 4.90. The maximum Gasteiger partial charge on any atom is 0.259 e. The Kier molecular flexibility index (Phi) is 4.67. The molecule has 2 heterocycles. The number of halogens is 1. The molecule has 6 heteroatoms. The van der Waals surface area contributed by atoms with E-state index in [9.17, 15) is 9.18 Å². The monoisotopic (exact) mass is 290 g/mol. The fraction of sp³-hybridized carbons (Fsp3) is 0.400. The first kappa shape index (κ1) is 15.2. The number of aromatic nitrogens is 3. The molecule has 2 rings (SSSR count). The number of amides is 1. The van der Waals surface area contributed by atoms with E-state index in [-0.39, 0.29) is 11.6 Å². The Morgan fingerprint density at radius 2 is 2.14 bits per heavy atom. The zero-order valence-electron chi connectivity index (χ0n) is 12.4. The summed E-state index contributed by atoms with van der Waals surface area (Å²) in [5.41, 5.74) is 0.785. The highest BCUT2D eigenvalue weighted by Crippen LogP contribution is 2.22. The molecule has 0 aliphatic carbocycles. The SMILES string of the molecule is CCC(CC)n1nc(C)cc1NC(=O)c1ccncc1F. The van der Waals surface area contributed by atoms with Crippen LogP contribution in [0.1, 0.15) is 48.8 Å². The molecule has 0 atom stereocenters. The zero-order valence-corrected chi connectivity index (χ0v) is 12.4. The average Bonchev–Trinajstić information content (AvgIpc) is 2.81. The number of aryl methyl sites for hydroxylation is 1. The predicted molar refractivity (Wildman–Crippen MR) is 78.7 cm³/mol. The average molecular weight is 290 g/mol. The largest absolute Gasteiger partial charge is 0.307 e. The van der Waals surface area contributed by atoms with Crippen LogP contribution >= 0.6 is 0 Å². The fourth-order valence-electron chi connectivity index (χ4n) is 2.27. The Labute approximate surface area is 123 Å². The van der Waals surface area contributed by atoms with Crippen molar-refractivity contribution < 1.29 is 9.18 Å². The number of hydrogen-bond acceptors (Lipinski definition) is 3. The summed E-state index contributed by atoms with van der Waals surface area (Å²) in [5.74, 6) is -0.551. The Bertz CT molecular complexity index is 634. The lowest BCUT2D eigenvalue weighted by atomic mass is 10.2. The van der Waals surface area contributed by atoms with Gasteiger partial charge in [0.15, 0.2) is 5.82 Å². The van der Waals surface area contributed by atoms with Gasteiger partial charge in [0.25, 0.3) is 5.91 Å². The summed E-state index contributed by atoms with van der Waals surface area (Å²) in [5, 5.41) is 7.15. The molecule has 0 radical (unpaired) electrons. The van der Waals surface area contributed by atoms with Crippen molar-refractivity contribution >= 4 is 11.7 Å². The summed E-state index contributed by atoms with van der Waals surface area (Å²) in [6.07, 6.45) is 4.23. The van der Waals surface area contributed by atoms with Crippen LogP contribution in [0.5, 0.6) is 0 Å². The van der Waals surface area contributed by atoms with Crippen molar-refractivity contribution in [2.24, 2.45) is 0 Å². The molecule has 0 aromatic carbocycles. The Morgan fingerprint density at radius 1 is 1.43 bits per heavy atom. The molecule has 0 saturated heterocycles. The number of hydrogen-bond donors (Lipinski definition) is 1. The molecule has 21 heavy (non-hydrogen) atoms. The third kappa shape index (κ3) is 3.26. The van der Waals surface area contributed by atoms with Gasteiger partial charge in [-0.2, -0.15) is 5.10 Å². The lowest BCUT2D eigenvalue weighted by Crippen LogP contribution is -2.19. The second kappa shape index (κ2) is 6.47. The number of pyridine rings is 1. The smallest absolute Gasteiger partial charge is 0.259 e. The van der Waals surface area contributed by atoms with E-state index < -0.39 is 11.7 Å². The minimum atomic E-state index is -0.639. The molecular weight excluding hydrogens is 271 g/mol. The van der Waals surface area contributed by atoms with Gasteiger partial charge in [0.05, 0.1) is 23.5 Å². The van der Waals surface area contributed by atoms with Gasteiger partial charge in [-0.15, -0.1) is 0 Å². The van der Waals surface area contributed by atoms with E-state index in [4.69, 9.17) is 0 Å². The summed E-state index contributed by atoms with van der Waals surface area (Å²) in [4.78, 5) is 15.8. The number of rotatable bonds is 5. The summed E-state index contributed by atoms with van der Waals surface area (Å²) < 4.78 is 15.4. The molecule has 0 aliphatic heterocycles. The summed E-state index contributed by atoms with van der Waals surface area (Å²) >= 11 is 0. The third-order valence-corrected chi connectivity index (χ3v) is 3.40. The summed E-state index contributed by atoms with van der Waals surface area (Å²) in [6, 6.07) is 3.35. The molecule has 1 N–H and O–H groups in total. The van der Waals surface area contributed by atoms with E-state index in [0.29, 0.717) is 5.82 Å². The number of nitrogens with zero attached hydrogens (tertiary/aromatic N) is 3. The van der Waals surface area contributed by atoms with Gasteiger partial charge in [0.1, 0.15) is 5.82 Å². The van der Waals surface area contributed by atoms with E-state index in [1.54, 1.807) is 10.7 Å². The molecule has 0 bridgehead atoms. The highest BCUT2D eigenvalue weighted by atomic mass is 19.1.